The van der Waals surface area contributed by atoms with Gasteiger partial charge in [-0.05, 0) is 61.1 Å². The van der Waals surface area contributed by atoms with E-state index in [1.165, 1.54) is 18.1 Å². The third-order valence-electron chi connectivity index (χ3n) is 4.17. The first kappa shape index (κ1) is 15.3. The number of rotatable bonds is 2. The van der Waals surface area contributed by atoms with Gasteiger partial charge in [-0.3, -0.25) is 0 Å². The molecule has 1 aliphatic rings. The fraction of sp³-hybridized carbons (Fsp3) is 0.263. The van der Waals surface area contributed by atoms with E-state index in [1.54, 1.807) is 12.1 Å². The highest BCUT2D eigenvalue weighted by Crippen LogP contribution is 2.37. The molecule has 1 aliphatic carbocycles. The molecule has 0 unspecified atom stereocenters. The lowest BCUT2D eigenvalue weighted by atomic mass is 9.85. The maximum absolute atomic E-state index is 14.5. The molecule has 1 nitrogen and oxygen atoms in total. The van der Waals surface area contributed by atoms with Gasteiger partial charge in [-0.25, -0.2) is 4.39 Å². The van der Waals surface area contributed by atoms with Gasteiger partial charge >= 0.3 is 0 Å². The summed E-state index contributed by atoms with van der Waals surface area (Å²) in [6.45, 7) is 0. The van der Waals surface area contributed by atoms with E-state index in [4.69, 9.17) is 0 Å². The summed E-state index contributed by atoms with van der Waals surface area (Å²) >= 11 is 3.32. The van der Waals surface area contributed by atoms with Crippen molar-refractivity contribution in [3.05, 3.63) is 69.5 Å². The molecule has 2 aromatic carbocycles. The predicted molar refractivity (Wildman–Crippen MR) is 91.3 cm³/mol. The van der Waals surface area contributed by atoms with E-state index in [0.29, 0.717) is 5.56 Å². The topological polar surface area (TPSA) is 20.2 Å². The second-order valence-corrected chi connectivity index (χ2v) is 6.63. The van der Waals surface area contributed by atoms with Gasteiger partial charge in [0.1, 0.15) is 11.6 Å². The largest absolute Gasteiger partial charge is 0.508 e. The third kappa shape index (κ3) is 3.25. The highest BCUT2D eigenvalue weighted by Gasteiger charge is 2.17. The third-order valence-corrected chi connectivity index (χ3v) is 4.66. The van der Waals surface area contributed by atoms with Crippen molar-refractivity contribution < 1.29 is 9.50 Å². The van der Waals surface area contributed by atoms with Crippen molar-refractivity contribution in [2.45, 2.75) is 32.1 Å². The Bertz CT molecular complexity index is 696. The number of phenolic OH excluding ortho intramolecular Hbond substituents is 1. The van der Waals surface area contributed by atoms with Gasteiger partial charge in [0.05, 0.1) is 0 Å². The minimum Gasteiger partial charge on any atom is -0.508 e. The lowest BCUT2D eigenvalue weighted by Gasteiger charge is -2.21. The molecule has 1 N–H and O–H groups in total. The highest BCUT2D eigenvalue weighted by molar-refractivity contribution is 9.10. The smallest absolute Gasteiger partial charge is 0.132 e. The Balaban J connectivity index is 2.16. The number of halogens is 2. The molecule has 3 rings (SSSR count). The highest BCUT2D eigenvalue weighted by atomic mass is 79.9. The number of allylic oxidation sites excluding steroid dienone is 1. The van der Waals surface area contributed by atoms with Gasteiger partial charge in [-0.1, -0.05) is 46.1 Å². The predicted octanol–water partition coefficient (Wildman–Crippen LogP) is 6.06. The summed E-state index contributed by atoms with van der Waals surface area (Å²) < 4.78 is 15.2. The Kier molecular flexibility index (Phi) is 4.63. The summed E-state index contributed by atoms with van der Waals surface area (Å²) in [5, 5.41) is 9.51. The molecule has 0 aromatic heterocycles. The summed E-state index contributed by atoms with van der Waals surface area (Å²) in [5.41, 5.74) is 3.92. The van der Waals surface area contributed by atoms with Crippen molar-refractivity contribution in [1.29, 1.82) is 0 Å². The Labute approximate surface area is 138 Å². The SMILES string of the molecule is Oc1ccc(C(=C2CCCCC2)c2ccc(Br)cc2F)cc1. The summed E-state index contributed by atoms with van der Waals surface area (Å²) in [6, 6.07) is 12.3. The van der Waals surface area contributed by atoms with Crippen molar-refractivity contribution in [3.63, 3.8) is 0 Å². The molecule has 0 bridgehead atoms. The van der Waals surface area contributed by atoms with E-state index in [0.717, 1.165) is 41.3 Å². The fourth-order valence-corrected chi connectivity index (χ4v) is 3.43. The van der Waals surface area contributed by atoms with Crippen LogP contribution in [0.4, 0.5) is 4.39 Å². The minimum absolute atomic E-state index is 0.212. The van der Waals surface area contributed by atoms with Crippen LogP contribution in [-0.4, -0.2) is 5.11 Å². The first-order chi connectivity index (χ1) is 10.6. The summed E-state index contributed by atoms with van der Waals surface area (Å²) in [7, 11) is 0. The average Bonchev–Trinajstić information content (AvgIpc) is 2.52. The first-order valence-corrected chi connectivity index (χ1v) is 8.41. The molecule has 1 saturated carbocycles. The van der Waals surface area contributed by atoms with Crippen LogP contribution in [0.15, 0.2) is 52.5 Å². The van der Waals surface area contributed by atoms with Gasteiger partial charge in [0, 0.05) is 10.0 Å². The Morgan fingerprint density at radius 2 is 1.64 bits per heavy atom. The molecule has 0 saturated heterocycles. The van der Waals surface area contributed by atoms with E-state index < -0.39 is 0 Å². The van der Waals surface area contributed by atoms with Crippen LogP contribution in [0.2, 0.25) is 0 Å². The minimum atomic E-state index is -0.212. The van der Waals surface area contributed by atoms with Crippen LogP contribution >= 0.6 is 15.9 Å². The van der Waals surface area contributed by atoms with Crippen molar-refractivity contribution in [2.75, 3.05) is 0 Å². The lowest BCUT2D eigenvalue weighted by molar-refractivity contribution is 0.475. The molecule has 0 aliphatic heterocycles. The molecule has 0 spiro atoms. The maximum atomic E-state index is 14.5. The molecule has 22 heavy (non-hydrogen) atoms. The fourth-order valence-electron chi connectivity index (χ4n) is 3.10. The zero-order valence-corrected chi connectivity index (χ0v) is 13.9. The zero-order valence-electron chi connectivity index (χ0n) is 12.3. The van der Waals surface area contributed by atoms with E-state index >= 15 is 0 Å². The molecule has 0 atom stereocenters. The molecular formula is C19H18BrFO. The molecule has 1 fully saturated rings. The van der Waals surface area contributed by atoms with Crippen LogP contribution in [0.5, 0.6) is 5.75 Å². The molecule has 0 amide bonds. The van der Waals surface area contributed by atoms with Crippen LogP contribution in [0.3, 0.4) is 0 Å². The second kappa shape index (κ2) is 6.66. The standard InChI is InChI=1S/C19H18BrFO/c20-15-8-11-17(18(21)12-15)19(13-4-2-1-3-5-13)14-6-9-16(22)10-7-14/h6-12,22H,1-5H2. The van der Waals surface area contributed by atoms with Crippen molar-refractivity contribution in [1.82, 2.24) is 0 Å². The summed E-state index contributed by atoms with van der Waals surface area (Å²) in [5.74, 6) is 0.0172. The maximum Gasteiger partial charge on any atom is 0.132 e. The Hall–Kier alpha value is -1.61. The normalized spacial score (nSPS) is 14.9. The van der Waals surface area contributed by atoms with Crippen LogP contribution in [0.1, 0.15) is 43.2 Å². The van der Waals surface area contributed by atoms with Gasteiger partial charge in [-0.2, -0.15) is 0 Å². The van der Waals surface area contributed by atoms with E-state index in [1.807, 2.05) is 24.3 Å². The van der Waals surface area contributed by atoms with Crippen molar-refractivity contribution >= 4 is 21.5 Å². The van der Waals surface area contributed by atoms with Gasteiger partial charge < -0.3 is 5.11 Å². The number of phenols is 1. The number of aromatic hydroxyl groups is 1. The molecule has 0 heterocycles. The van der Waals surface area contributed by atoms with Crippen LogP contribution < -0.4 is 0 Å². The average molecular weight is 361 g/mol. The summed E-state index contributed by atoms with van der Waals surface area (Å²) in [4.78, 5) is 0. The van der Waals surface area contributed by atoms with Crippen molar-refractivity contribution in [2.24, 2.45) is 0 Å². The van der Waals surface area contributed by atoms with Crippen LogP contribution in [0, 0.1) is 5.82 Å². The van der Waals surface area contributed by atoms with E-state index in [9.17, 15) is 9.50 Å². The Morgan fingerprint density at radius 1 is 0.955 bits per heavy atom. The zero-order chi connectivity index (χ0) is 15.5. The van der Waals surface area contributed by atoms with Crippen LogP contribution in [0.25, 0.3) is 5.57 Å². The second-order valence-electron chi connectivity index (χ2n) is 5.71. The van der Waals surface area contributed by atoms with E-state index in [-0.39, 0.29) is 11.6 Å². The quantitative estimate of drug-likeness (QED) is 0.689. The van der Waals surface area contributed by atoms with Gasteiger partial charge in [-0.15, -0.1) is 0 Å². The van der Waals surface area contributed by atoms with E-state index in [2.05, 4.69) is 15.9 Å². The molecular weight excluding hydrogens is 343 g/mol. The summed E-state index contributed by atoms with van der Waals surface area (Å²) in [6.07, 6.45) is 5.61. The van der Waals surface area contributed by atoms with Gasteiger partial charge in [0.2, 0.25) is 0 Å². The molecule has 0 radical (unpaired) electrons. The molecule has 3 heteroatoms. The molecule has 114 valence electrons. The van der Waals surface area contributed by atoms with Gasteiger partial charge in [0.15, 0.2) is 0 Å². The first-order valence-electron chi connectivity index (χ1n) is 7.62. The number of hydrogen-bond acceptors (Lipinski definition) is 1. The molecule has 2 aromatic rings. The van der Waals surface area contributed by atoms with Crippen molar-refractivity contribution in [3.8, 4) is 5.75 Å². The number of benzene rings is 2. The monoisotopic (exact) mass is 360 g/mol. The lowest BCUT2D eigenvalue weighted by Crippen LogP contribution is -2.02. The van der Waals surface area contributed by atoms with Gasteiger partial charge in [0.25, 0.3) is 0 Å². The number of hydrogen-bond donors (Lipinski definition) is 1. The Morgan fingerprint density at radius 3 is 2.27 bits per heavy atom. The van der Waals surface area contributed by atoms with Crippen LogP contribution in [-0.2, 0) is 0 Å².